The molecule has 0 aliphatic heterocycles. The Hall–Kier alpha value is -0.980. The van der Waals surface area contributed by atoms with Crippen LogP contribution in [0.1, 0.15) is 10.4 Å². The maximum absolute atomic E-state index is 11.6. The van der Waals surface area contributed by atoms with Crippen molar-refractivity contribution in [3.05, 3.63) is 34.4 Å². The first kappa shape index (κ1) is 16.4. The average Bonchev–Trinajstić information content (AvgIpc) is 2.78. The monoisotopic (exact) mass is 372 g/mol. The van der Waals surface area contributed by atoms with Crippen molar-refractivity contribution in [2.45, 2.75) is 6.73 Å². The number of rotatable bonds is 6. The summed E-state index contributed by atoms with van der Waals surface area (Å²) < 4.78 is 8.63. The van der Waals surface area contributed by atoms with Crippen molar-refractivity contribution in [1.29, 1.82) is 0 Å². The largest absolute Gasteiger partial charge is 0.366 e. The van der Waals surface area contributed by atoms with Crippen LogP contribution in [-0.4, -0.2) is 41.6 Å². The van der Waals surface area contributed by atoms with E-state index in [2.05, 4.69) is 34.7 Å². The summed E-state index contributed by atoms with van der Waals surface area (Å²) in [6.07, 6.45) is 8.73. The summed E-state index contributed by atoms with van der Waals surface area (Å²) in [5, 5.41) is 0.969. The third-order valence-corrected chi connectivity index (χ3v) is 5.29. The van der Waals surface area contributed by atoms with E-state index in [9.17, 15) is 4.79 Å². The minimum Gasteiger partial charge on any atom is -0.366 e. The highest BCUT2D eigenvalue weighted by Crippen LogP contribution is 2.33. The van der Waals surface area contributed by atoms with E-state index < -0.39 is 15.9 Å². The molecule has 4 nitrogen and oxygen atoms in total. The fraction of sp³-hybridized carbons (Fsp3) is 0.400. The lowest BCUT2D eigenvalue weighted by Gasteiger charge is -2.24. The Morgan fingerprint density at radius 2 is 2.05 bits per heavy atom. The molecule has 0 aliphatic carbocycles. The summed E-state index contributed by atoms with van der Waals surface area (Å²) >= 11 is 3.50. The fourth-order valence-corrected chi connectivity index (χ4v) is 3.14. The normalized spacial score (nSPS) is 12.8. The molecular formula is C15H21BrN2O2S. The number of aromatic nitrogens is 1. The predicted octanol–water partition coefficient (Wildman–Crippen LogP) is 3.17. The van der Waals surface area contributed by atoms with Gasteiger partial charge in [0.05, 0.1) is 17.7 Å². The molecule has 0 atom stereocenters. The van der Waals surface area contributed by atoms with Crippen molar-refractivity contribution < 1.29 is 9.53 Å². The van der Waals surface area contributed by atoms with Crippen LogP contribution in [0.4, 0.5) is 0 Å². The molecule has 1 amide bonds. The van der Waals surface area contributed by atoms with Crippen LogP contribution in [0.15, 0.2) is 28.9 Å². The van der Waals surface area contributed by atoms with Crippen LogP contribution in [0.2, 0.25) is 0 Å². The van der Waals surface area contributed by atoms with E-state index in [1.807, 2.05) is 22.9 Å². The standard InChI is InChI=1S/C15H21BrN2O2S/c1-21(2,3)9-8-20-10-18-7-6-11-13(16)5-4-12(14(11)18)15(17)19/h4-7H,8-10H2,1-3H3,(H2,17,19). The van der Waals surface area contributed by atoms with Crippen LogP contribution in [0.5, 0.6) is 0 Å². The number of nitrogens with two attached hydrogens (primary N) is 1. The van der Waals surface area contributed by atoms with Crippen LogP contribution in [0.25, 0.3) is 10.9 Å². The summed E-state index contributed by atoms with van der Waals surface area (Å²) in [5.74, 6) is 0.644. The SMILES string of the molecule is CS(C)(C)CCOCn1ccc2c(Br)ccc(C(N)=O)c21. The van der Waals surface area contributed by atoms with E-state index in [1.54, 1.807) is 6.07 Å². The summed E-state index contributed by atoms with van der Waals surface area (Å²) in [4.78, 5) is 11.6. The van der Waals surface area contributed by atoms with Crippen LogP contribution >= 0.6 is 26.0 Å². The van der Waals surface area contributed by atoms with Gasteiger partial charge in [0, 0.05) is 21.8 Å². The number of fused-ring (bicyclic) bond motifs is 1. The topological polar surface area (TPSA) is 57.2 Å². The fourth-order valence-electron chi connectivity index (χ4n) is 2.07. The smallest absolute Gasteiger partial charge is 0.250 e. The molecule has 0 saturated carbocycles. The van der Waals surface area contributed by atoms with Crippen molar-refractivity contribution >= 4 is 42.8 Å². The Bertz CT molecular complexity index is 661. The lowest BCUT2D eigenvalue weighted by atomic mass is 10.1. The maximum atomic E-state index is 11.6. The van der Waals surface area contributed by atoms with Gasteiger partial charge in [-0.25, -0.2) is 10.0 Å². The van der Waals surface area contributed by atoms with E-state index in [4.69, 9.17) is 10.5 Å². The number of benzene rings is 1. The maximum Gasteiger partial charge on any atom is 0.250 e. The summed E-state index contributed by atoms with van der Waals surface area (Å²) in [7, 11) is -0.552. The lowest BCUT2D eigenvalue weighted by Crippen LogP contribution is -2.14. The minimum atomic E-state index is -0.552. The molecule has 0 unspecified atom stereocenters. The van der Waals surface area contributed by atoms with Crippen LogP contribution in [0.3, 0.4) is 0 Å². The van der Waals surface area contributed by atoms with E-state index >= 15 is 0 Å². The highest BCUT2D eigenvalue weighted by atomic mass is 79.9. The van der Waals surface area contributed by atoms with E-state index in [0.29, 0.717) is 12.3 Å². The molecular weight excluding hydrogens is 352 g/mol. The van der Waals surface area contributed by atoms with Gasteiger partial charge < -0.3 is 15.0 Å². The highest BCUT2D eigenvalue weighted by molar-refractivity contribution is 9.10. The van der Waals surface area contributed by atoms with Crippen molar-refractivity contribution in [3.63, 3.8) is 0 Å². The number of carbonyl (C=O) groups is 1. The zero-order valence-electron chi connectivity index (χ0n) is 12.6. The molecule has 21 heavy (non-hydrogen) atoms. The second-order valence-electron chi connectivity index (χ2n) is 5.84. The molecule has 2 aromatic rings. The van der Waals surface area contributed by atoms with Gasteiger partial charge in [0.1, 0.15) is 6.73 Å². The quantitative estimate of drug-likeness (QED) is 0.791. The Morgan fingerprint density at radius 1 is 1.33 bits per heavy atom. The number of amides is 1. The molecule has 2 rings (SSSR count). The van der Waals surface area contributed by atoms with Gasteiger partial charge in [0.2, 0.25) is 0 Å². The van der Waals surface area contributed by atoms with Gasteiger partial charge in [-0.2, -0.15) is 0 Å². The number of primary amides is 1. The third kappa shape index (κ3) is 4.02. The Morgan fingerprint density at radius 3 is 2.67 bits per heavy atom. The summed E-state index contributed by atoms with van der Waals surface area (Å²) in [6.45, 7) is 1.15. The second kappa shape index (κ2) is 6.42. The number of hydrogen-bond acceptors (Lipinski definition) is 2. The summed E-state index contributed by atoms with van der Waals surface area (Å²) in [6, 6.07) is 5.55. The van der Waals surface area contributed by atoms with Gasteiger partial charge in [-0.05, 0) is 37.0 Å². The molecule has 2 N–H and O–H groups in total. The number of hydrogen-bond donors (Lipinski definition) is 1. The first-order valence-corrected chi connectivity index (χ1v) is 10.4. The van der Waals surface area contributed by atoms with E-state index in [-0.39, 0.29) is 0 Å². The Balaban J connectivity index is 2.21. The molecule has 0 saturated heterocycles. The number of carbonyl (C=O) groups excluding carboxylic acids is 1. The zero-order chi connectivity index (χ0) is 15.6. The molecule has 1 aromatic carbocycles. The Labute approximate surface area is 135 Å². The van der Waals surface area contributed by atoms with Gasteiger partial charge >= 0.3 is 0 Å². The molecule has 1 aromatic heterocycles. The minimum absolute atomic E-state index is 0.424. The predicted molar refractivity (Wildman–Crippen MR) is 94.3 cm³/mol. The van der Waals surface area contributed by atoms with Crippen LogP contribution in [0, 0.1) is 0 Å². The van der Waals surface area contributed by atoms with Crippen molar-refractivity contribution in [1.82, 2.24) is 4.57 Å². The van der Waals surface area contributed by atoms with Crippen molar-refractivity contribution in [2.24, 2.45) is 5.73 Å². The van der Waals surface area contributed by atoms with Gasteiger partial charge in [0.15, 0.2) is 0 Å². The van der Waals surface area contributed by atoms with Crippen LogP contribution < -0.4 is 5.73 Å². The third-order valence-electron chi connectivity index (χ3n) is 3.21. The first-order chi connectivity index (χ1) is 9.79. The van der Waals surface area contributed by atoms with Gasteiger partial charge in [-0.1, -0.05) is 15.9 Å². The molecule has 0 aliphatic rings. The zero-order valence-corrected chi connectivity index (χ0v) is 15.0. The van der Waals surface area contributed by atoms with E-state index in [1.165, 1.54) is 0 Å². The van der Waals surface area contributed by atoms with Crippen LogP contribution in [-0.2, 0) is 11.5 Å². The van der Waals surface area contributed by atoms with Gasteiger partial charge in [-0.3, -0.25) is 4.79 Å². The number of ether oxygens (including phenoxy) is 1. The second-order valence-corrected chi connectivity index (χ2v) is 11.3. The van der Waals surface area contributed by atoms with Crippen molar-refractivity contribution in [3.8, 4) is 0 Å². The van der Waals surface area contributed by atoms with E-state index in [0.717, 1.165) is 27.7 Å². The molecule has 0 radical (unpaired) electrons. The molecule has 116 valence electrons. The average molecular weight is 373 g/mol. The van der Waals surface area contributed by atoms with Crippen molar-refractivity contribution in [2.75, 3.05) is 31.1 Å². The molecule has 0 spiro atoms. The number of halogens is 1. The first-order valence-electron chi connectivity index (χ1n) is 6.60. The number of nitrogens with zero attached hydrogens (tertiary/aromatic N) is 1. The molecule has 1 heterocycles. The molecule has 0 bridgehead atoms. The highest BCUT2D eigenvalue weighted by Gasteiger charge is 2.13. The van der Waals surface area contributed by atoms with Gasteiger partial charge in [0.25, 0.3) is 5.91 Å². The molecule has 6 heteroatoms. The summed E-state index contributed by atoms with van der Waals surface area (Å²) in [5.41, 5.74) is 6.80. The Kier molecular flexibility index (Phi) is 5.01. The molecule has 0 fully saturated rings. The lowest BCUT2D eigenvalue weighted by molar-refractivity contribution is 0.0922. The van der Waals surface area contributed by atoms with Gasteiger partial charge in [-0.15, -0.1) is 0 Å².